The van der Waals surface area contributed by atoms with Gasteiger partial charge in [-0.05, 0) is 36.1 Å². The second kappa shape index (κ2) is 4.98. The van der Waals surface area contributed by atoms with E-state index in [-0.39, 0.29) is 6.10 Å². The van der Waals surface area contributed by atoms with E-state index in [1.54, 1.807) is 0 Å². The van der Waals surface area contributed by atoms with Crippen molar-refractivity contribution in [2.75, 3.05) is 0 Å². The summed E-state index contributed by atoms with van der Waals surface area (Å²) in [6.45, 7) is 0. The van der Waals surface area contributed by atoms with E-state index in [9.17, 15) is 5.11 Å². The normalized spacial score (nSPS) is 18.6. The second-order valence-corrected chi connectivity index (χ2v) is 5.98. The van der Waals surface area contributed by atoms with E-state index in [4.69, 9.17) is 0 Å². The molecule has 1 fully saturated rings. The van der Waals surface area contributed by atoms with Gasteiger partial charge >= 0.3 is 0 Å². The first-order valence-corrected chi connectivity index (χ1v) is 6.88. The van der Waals surface area contributed by atoms with Crippen molar-refractivity contribution in [3.63, 3.8) is 0 Å². The molecule has 1 aromatic rings. The maximum atomic E-state index is 10.1. The van der Waals surface area contributed by atoms with E-state index in [0.717, 1.165) is 26.8 Å². The van der Waals surface area contributed by atoms with Gasteiger partial charge in [0.2, 0.25) is 0 Å². The topological polar surface area (TPSA) is 20.2 Å². The highest BCUT2D eigenvalue weighted by Crippen LogP contribution is 2.37. The molecule has 1 aliphatic carbocycles. The van der Waals surface area contributed by atoms with Crippen LogP contribution in [0.15, 0.2) is 27.1 Å². The lowest BCUT2D eigenvalue weighted by atomic mass is 9.80. The SMILES string of the molecule is OC(CC1CCC1)c1cc(Br)ccc1Br. The molecule has 0 aliphatic heterocycles. The van der Waals surface area contributed by atoms with Crippen molar-refractivity contribution in [1.82, 2.24) is 0 Å². The van der Waals surface area contributed by atoms with Crippen LogP contribution >= 0.6 is 31.9 Å². The molecule has 0 heterocycles. The van der Waals surface area contributed by atoms with Gasteiger partial charge in [0.15, 0.2) is 0 Å². The summed E-state index contributed by atoms with van der Waals surface area (Å²) in [6, 6.07) is 5.94. The maximum Gasteiger partial charge on any atom is 0.0804 e. The Bertz CT molecular complexity index is 347. The zero-order valence-electron chi connectivity index (χ0n) is 8.42. The number of halogens is 2. The summed E-state index contributed by atoms with van der Waals surface area (Å²) < 4.78 is 2.02. The fourth-order valence-corrected chi connectivity index (χ4v) is 2.83. The Hall–Kier alpha value is 0.140. The van der Waals surface area contributed by atoms with Crippen LogP contribution in [0.2, 0.25) is 0 Å². The predicted octanol–water partition coefficient (Wildman–Crippen LogP) is 4.44. The van der Waals surface area contributed by atoms with Gasteiger partial charge in [0.25, 0.3) is 0 Å². The molecule has 3 heteroatoms. The van der Waals surface area contributed by atoms with Gasteiger partial charge in [-0.1, -0.05) is 51.1 Å². The standard InChI is InChI=1S/C12H14Br2O/c13-9-4-5-11(14)10(7-9)12(15)6-8-2-1-3-8/h4-5,7-8,12,15H,1-3,6H2. The molecule has 0 bridgehead atoms. The minimum Gasteiger partial charge on any atom is -0.388 e. The van der Waals surface area contributed by atoms with Gasteiger partial charge in [-0.15, -0.1) is 0 Å². The fourth-order valence-electron chi connectivity index (χ4n) is 1.94. The largest absolute Gasteiger partial charge is 0.388 e. The highest BCUT2D eigenvalue weighted by Gasteiger charge is 2.22. The molecule has 1 aromatic carbocycles. The molecule has 0 saturated heterocycles. The van der Waals surface area contributed by atoms with Crippen molar-refractivity contribution >= 4 is 31.9 Å². The third kappa shape index (κ3) is 2.83. The van der Waals surface area contributed by atoms with Crippen molar-refractivity contribution < 1.29 is 5.11 Å². The van der Waals surface area contributed by atoms with Crippen molar-refractivity contribution in [2.24, 2.45) is 5.92 Å². The zero-order valence-corrected chi connectivity index (χ0v) is 11.6. The highest BCUT2D eigenvalue weighted by atomic mass is 79.9. The highest BCUT2D eigenvalue weighted by molar-refractivity contribution is 9.11. The summed E-state index contributed by atoms with van der Waals surface area (Å²) in [7, 11) is 0. The smallest absolute Gasteiger partial charge is 0.0804 e. The molecule has 0 amide bonds. The number of hydrogen-bond acceptors (Lipinski definition) is 1. The second-order valence-electron chi connectivity index (χ2n) is 4.21. The third-order valence-electron chi connectivity index (χ3n) is 3.10. The number of aliphatic hydroxyl groups is 1. The molecule has 0 radical (unpaired) electrons. The lowest BCUT2D eigenvalue weighted by Gasteiger charge is -2.28. The first kappa shape index (κ1) is 11.6. The monoisotopic (exact) mass is 332 g/mol. The molecule has 1 aliphatic rings. The van der Waals surface area contributed by atoms with Gasteiger partial charge in [-0.3, -0.25) is 0 Å². The molecule has 82 valence electrons. The average molecular weight is 334 g/mol. The average Bonchev–Trinajstić information content (AvgIpc) is 2.15. The quantitative estimate of drug-likeness (QED) is 0.867. The first-order chi connectivity index (χ1) is 7.16. The molecule has 15 heavy (non-hydrogen) atoms. The van der Waals surface area contributed by atoms with Crippen LogP contribution in [0.3, 0.4) is 0 Å². The number of rotatable bonds is 3. The number of aliphatic hydroxyl groups excluding tert-OH is 1. The Morgan fingerprint density at radius 3 is 2.67 bits per heavy atom. The lowest BCUT2D eigenvalue weighted by Crippen LogP contribution is -2.15. The Morgan fingerprint density at radius 2 is 2.07 bits per heavy atom. The summed E-state index contributed by atoms with van der Waals surface area (Å²) in [5.41, 5.74) is 0.997. The molecule has 0 aromatic heterocycles. The van der Waals surface area contributed by atoms with Crippen LogP contribution in [0, 0.1) is 5.92 Å². The predicted molar refractivity (Wildman–Crippen MR) is 68.8 cm³/mol. The summed E-state index contributed by atoms with van der Waals surface area (Å²) in [5.74, 6) is 0.728. The van der Waals surface area contributed by atoms with Crippen LogP contribution < -0.4 is 0 Å². The molecule has 1 N–H and O–H groups in total. The van der Waals surface area contributed by atoms with Crippen molar-refractivity contribution in [2.45, 2.75) is 31.8 Å². The molecule has 2 rings (SSSR count). The third-order valence-corrected chi connectivity index (χ3v) is 4.31. The molecule has 1 saturated carbocycles. The Labute approximate surface area is 107 Å². The van der Waals surface area contributed by atoms with Crippen LogP contribution in [0.5, 0.6) is 0 Å². The first-order valence-electron chi connectivity index (χ1n) is 5.30. The van der Waals surface area contributed by atoms with Gasteiger partial charge < -0.3 is 5.11 Å². The summed E-state index contributed by atoms with van der Waals surface area (Å²) in [6.07, 6.45) is 4.46. The van der Waals surface area contributed by atoms with Crippen molar-refractivity contribution in [3.05, 3.63) is 32.7 Å². The van der Waals surface area contributed by atoms with E-state index < -0.39 is 0 Å². The number of hydrogen-bond donors (Lipinski definition) is 1. The van der Waals surface area contributed by atoms with E-state index >= 15 is 0 Å². The Morgan fingerprint density at radius 1 is 1.33 bits per heavy atom. The minimum absolute atomic E-state index is 0.331. The van der Waals surface area contributed by atoms with Gasteiger partial charge in [0, 0.05) is 8.95 Å². The summed E-state index contributed by atoms with van der Waals surface area (Å²) >= 11 is 6.91. The lowest BCUT2D eigenvalue weighted by molar-refractivity contribution is 0.118. The van der Waals surface area contributed by atoms with E-state index in [2.05, 4.69) is 31.9 Å². The molecule has 0 spiro atoms. The fraction of sp³-hybridized carbons (Fsp3) is 0.500. The Kier molecular flexibility index (Phi) is 3.86. The molecular formula is C12H14Br2O. The van der Waals surface area contributed by atoms with Gasteiger partial charge in [0.05, 0.1) is 6.10 Å². The van der Waals surface area contributed by atoms with Crippen LogP contribution in [0.25, 0.3) is 0 Å². The minimum atomic E-state index is -0.331. The summed E-state index contributed by atoms with van der Waals surface area (Å²) in [5, 5.41) is 10.1. The van der Waals surface area contributed by atoms with Crippen LogP contribution in [-0.2, 0) is 0 Å². The van der Waals surface area contributed by atoms with E-state index in [0.29, 0.717) is 0 Å². The van der Waals surface area contributed by atoms with Crippen molar-refractivity contribution in [1.29, 1.82) is 0 Å². The molecular weight excluding hydrogens is 320 g/mol. The summed E-state index contributed by atoms with van der Waals surface area (Å²) in [4.78, 5) is 0. The zero-order chi connectivity index (χ0) is 10.8. The van der Waals surface area contributed by atoms with E-state index in [1.165, 1.54) is 19.3 Å². The number of benzene rings is 1. The van der Waals surface area contributed by atoms with Crippen LogP contribution in [0.4, 0.5) is 0 Å². The Balaban J connectivity index is 2.09. The van der Waals surface area contributed by atoms with Crippen LogP contribution in [-0.4, -0.2) is 5.11 Å². The van der Waals surface area contributed by atoms with Gasteiger partial charge in [0.1, 0.15) is 0 Å². The van der Waals surface area contributed by atoms with Crippen LogP contribution in [0.1, 0.15) is 37.4 Å². The molecule has 1 unspecified atom stereocenters. The molecule has 1 atom stereocenters. The van der Waals surface area contributed by atoms with Gasteiger partial charge in [-0.2, -0.15) is 0 Å². The van der Waals surface area contributed by atoms with Gasteiger partial charge in [-0.25, -0.2) is 0 Å². The molecule has 1 nitrogen and oxygen atoms in total. The van der Waals surface area contributed by atoms with Crippen molar-refractivity contribution in [3.8, 4) is 0 Å². The van der Waals surface area contributed by atoms with E-state index in [1.807, 2.05) is 18.2 Å². The maximum absolute atomic E-state index is 10.1.